The lowest BCUT2D eigenvalue weighted by atomic mass is 10.1. The molecule has 2 aromatic carbocycles. The number of carbonyl (C=O) groups excluding carboxylic acids is 2. The van der Waals surface area contributed by atoms with Gasteiger partial charge in [0.15, 0.2) is 0 Å². The van der Waals surface area contributed by atoms with E-state index in [-0.39, 0.29) is 24.8 Å². The minimum absolute atomic E-state index is 0.121. The van der Waals surface area contributed by atoms with Crippen molar-refractivity contribution in [3.63, 3.8) is 0 Å². The molecule has 0 saturated carbocycles. The first-order valence-electron chi connectivity index (χ1n) is 12.3. The summed E-state index contributed by atoms with van der Waals surface area (Å²) in [6.07, 6.45) is 1.63. The fourth-order valence-corrected chi connectivity index (χ4v) is 5.07. The van der Waals surface area contributed by atoms with Gasteiger partial charge >= 0.3 is 0 Å². The van der Waals surface area contributed by atoms with Crippen LogP contribution in [0.1, 0.15) is 62.8 Å². The van der Waals surface area contributed by atoms with Crippen LogP contribution in [-0.2, 0) is 26.2 Å². The maximum absolute atomic E-state index is 13.4. The molecule has 198 valence electrons. The number of carbonyl (C=O) groups is 2. The average Bonchev–Trinajstić information content (AvgIpc) is 2.75. The van der Waals surface area contributed by atoms with Crippen LogP contribution < -0.4 is 9.62 Å². The molecule has 2 aromatic rings. The van der Waals surface area contributed by atoms with Crippen LogP contribution in [0.15, 0.2) is 42.5 Å². The third-order valence-corrected chi connectivity index (χ3v) is 7.28. The van der Waals surface area contributed by atoms with Crippen molar-refractivity contribution < 1.29 is 18.0 Å². The summed E-state index contributed by atoms with van der Waals surface area (Å²) in [4.78, 5) is 27.9. The first-order valence-corrected chi connectivity index (χ1v) is 14.2. The molecular formula is C28H41N3O4S. The van der Waals surface area contributed by atoms with Crippen molar-refractivity contribution in [1.82, 2.24) is 10.2 Å². The maximum Gasteiger partial charge on any atom is 0.242 e. The SMILES string of the molecule is Cc1cccc(CN(C(=O)CCCN(c2cccc(C)c2C)S(C)(=O)=O)[C@@H](C)C(=O)NC(C)(C)C)c1. The normalized spacial score (nSPS) is 12.7. The van der Waals surface area contributed by atoms with Crippen molar-refractivity contribution in [2.75, 3.05) is 17.1 Å². The lowest BCUT2D eigenvalue weighted by Gasteiger charge is -2.32. The Morgan fingerprint density at radius 2 is 1.67 bits per heavy atom. The second-order valence-corrected chi connectivity index (χ2v) is 12.5. The van der Waals surface area contributed by atoms with Crippen molar-refractivity contribution in [2.24, 2.45) is 0 Å². The second kappa shape index (κ2) is 11.9. The van der Waals surface area contributed by atoms with Crippen molar-refractivity contribution in [1.29, 1.82) is 0 Å². The van der Waals surface area contributed by atoms with E-state index >= 15 is 0 Å². The van der Waals surface area contributed by atoms with E-state index in [1.54, 1.807) is 17.9 Å². The van der Waals surface area contributed by atoms with Gasteiger partial charge in [0.25, 0.3) is 0 Å². The number of amides is 2. The molecule has 0 saturated heterocycles. The molecule has 0 radical (unpaired) electrons. The van der Waals surface area contributed by atoms with Crippen molar-refractivity contribution >= 4 is 27.5 Å². The Hall–Kier alpha value is -2.87. The predicted octanol–water partition coefficient (Wildman–Crippen LogP) is 4.49. The first kappa shape index (κ1) is 29.4. The summed E-state index contributed by atoms with van der Waals surface area (Å²) >= 11 is 0. The molecule has 1 atom stereocenters. The molecule has 1 N–H and O–H groups in total. The van der Waals surface area contributed by atoms with Crippen LogP contribution in [0, 0.1) is 20.8 Å². The van der Waals surface area contributed by atoms with Gasteiger partial charge in [-0.05, 0) is 77.6 Å². The third kappa shape index (κ3) is 8.36. The van der Waals surface area contributed by atoms with Crippen LogP contribution in [0.4, 0.5) is 5.69 Å². The van der Waals surface area contributed by atoms with Gasteiger partial charge in [-0.3, -0.25) is 13.9 Å². The van der Waals surface area contributed by atoms with Gasteiger partial charge in [-0.2, -0.15) is 0 Å². The topological polar surface area (TPSA) is 86.8 Å². The van der Waals surface area contributed by atoms with E-state index in [9.17, 15) is 18.0 Å². The molecule has 0 heterocycles. The van der Waals surface area contributed by atoms with E-state index in [2.05, 4.69) is 5.32 Å². The van der Waals surface area contributed by atoms with Crippen LogP contribution in [0.3, 0.4) is 0 Å². The zero-order chi connectivity index (χ0) is 27.3. The molecule has 7 nitrogen and oxygen atoms in total. The van der Waals surface area contributed by atoms with E-state index in [1.807, 2.05) is 77.9 Å². The molecule has 0 bridgehead atoms. The molecular weight excluding hydrogens is 474 g/mol. The predicted molar refractivity (Wildman–Crippen MR) is 146 cm³/mol. The van der Waals surface area contributed by atoms with Crippen LogP contribution in [0.2, 0.25) is 0 Å². The Kier molecular flexibility index (Phi) is 9.71. The number of aryl methyl sites for hydroxylation is 2. The largest absolute Gasteiger partial charge is 0.350 e. The van der Waals surface area contributed by atoms with E-state index < -0.39 is 21.6 Å². The van der Waals surface area contributed by atoms with Crippen LogP contribution in [0.5, 0.6) is 0 Å². The van der Waals surface area contributed by atoms with Gasteiger partial charge < -0.3 is 10.2 Å². The van der Waals surface area contributed by atoms with Crippen LogP contribution >= 0.6 is 0 Å². The summed E-state index contributed by atoms with van der Waals surface area (Å²) in [5.74, 6) is -0.417. The summed E-state index contributed by atoms with van der Waals surface area (Å²) in [6, 6.07) is 12.7. The number of hydrogen-bond acceptors (Lipinski definition) is 4. The fraction of sp³-hybridized carbons (Fsp3) is 0.500. The highest BCUT2D eigenvalue weighted by molar-refractivity contribution is 7.92. The highest BCUT2D eigenvalue weighted by Gasteiger charge is 2.29. The molecule has 0 spiro atoms. The smallest absolute Gasteiger partial charge is 0.242 e. The third-order valence-electron chi connectivity index (χ3n) is 6.10. The van der Waals surface area contributed by atoms with Crippen LogP contribution in [-0.4, -0.2) is 49.5 Å². The van der Waals surface area contributed by atoms with E-state index in [0.717, 1.165) is 22.3 Å². The van der Waals surface area contributed by atoms with Gasteiger partial charge in [-0.15, -0.1) is 0 Å². The zero-order valence-corrected chi connectivity index (χ0v) is 23.7. The van der Waals surface area contributed by atoms with Crippen molar-refractivity contribution in [2.45, 2.75) is 79.4 Å². The second-order valence-electron chi connectivity index (χ2n) is 10.6. The summed E-state index contributed by atoms with van der Waals surface area (Å²) in [7, 11) is -3.53. The Morgan fingerprint density at radius 3 is 2.25 bits per heavy atom. The first-order chi connectivity index (χ1) is 16.6. The number of nitrogens with zero attached hydrogens (tertiary/aromatic N) is 2. The maximum atomic E-state index is 13.4. The van der Waals surface area contributed by atoms with E-state index in [1.165, 1.54) is 10.6 Å². The number of hydrogen-bond donors (Lipinski definition) is 1. The fourth-order valence-electron chi connectivity index (χ4n) is 4.05. The molecule has 0 unspecified atom stereocenters. The average molecular weight is 516 g/mol. The van der Waals surface area contributed by atoms with Gasteiger partial charge in [0.1, 0.15) is 6.04 Å². The Labute approximate surface area is 216 Å². The van der Waals surface area contributed by atoms with Crippen LogP contribution in [0.25, 0.3) is 0 Å². The number of benzene rings is 2. The summed E-state index contributed by atoms with van der Waals surface area (Å²) in [5, 5.41) is 2.96. The standard InChI is InChI=1S/C28H41N3O4S/c1-20-12-9-14-24(18-20)19-30(23(4)27(33)29-28(5,6)7)26(32)16-11-17-31(36(8,34)35)25-15-10-13-21(2)22(25)3/h9-10,12-15,18,23H,11,16-17,19H2,1-8H3,(H,29,33)/t23-/m0/s1. The summed E-state index contributed by atoms with van der Waals surface area (Å²) < 4.78 is 26.5. The Bertz CT molecular complexity index is 1190. The Morgan fingerprint density at radius 1 is 1.03 bits per heavy atom. The van der Waals surface area contributed by atoms with Gasteiger partial charge in [0.2, 0.25) is 21.8 Å². The Balaban J connectivity index is 2.23. The summed E-state index contributed by atoms with van der Waals surface area (Å²) in [6.45, 7) is 13.7. The number of nitrogens with one attached hydrogen (secondary N) is 1. The molecule has 0 aromatic heterocycles. The molecule has 0 aliphatic heterocycles. The monoisotopic (exact) mass is 515 g/mol. The zero-order valence-electron chi connectivity index (χ0n) is 22.9. The van der Waals surface area contributed by atoms with Gasteiger partial charge in [-0.25, -0.2) is 8.42 Å². The van der Waals surface area contributed by atoms with E-state index in [0.29, 0.717) is 18.7 Å². The number of rotatable bonds is 10. The lowest BCUT2D eigenvalue weighted by Crippen LogP contribution is -2.52. The molecule has 0 aliphatic carbocycles. The molecule has 2 rings (SSSR count). The summed E-state index contributed by atoms with van der Waals surface area (Å²) in [5.41, 5.74) is 4.10. The number of anilines is 1. The van der Waals surface area contributed by atoms with E-state index in [4.69, 9.17) is 0 Å². The molecule has 0 fully saturated rings. The molecule has 2 amide bonds. The lowest BCUT2D eigenvalue weighted by molar-refractivity contribution is -0.141. The minimum atomic E-state index is -3.53. The number of sulfonamides is 1. The van der Waals surface area contributed by atoms with Crippen molar-refractivity contribution in [3.05, 3.63) is 64.7 Å². The molecule has 8 heteroatoms. The highest BCUT2D eigenvalue weighted by atomic mass is 32.2. The highest BCUT2D eigenvalue weighted by Crippen LogP contribution is 2.25. The van der Waals surface area contributed by atoms with Gasteiger partial charge in [0.05, 0.1) is 11.9 Å². The van der Waals surface area contributed by atoms with Gasteiger partial charge in [-0.1, -0.05) is 42.0 Å². The van der Waals surface area contributed by atoms with Crippen molar-refractivity contribution in [3.8, 4) is 0 Å². The quantitative estimate of drug-likeness (QED) is 0.505. The molecule has 0 aliphatic rings. The molecule has 36 heavy (non-hydrogen) atoms. The minimum Gasteiger partial charge on any atom is -0.350 e. The van der Waals surface area contributed by atoms with Gasteiger partial charge in [0, 0.05) is 25.0 Å².